The zero-order valence-electron chi connectivity index (χ0n) is 24.6. The molecule has 2 N–H and O–H groups in total. The summed E-state index contributed by atoms with van der Waals surface area (Å²) < 4.78 is 0. The molecule has 0 heterocycles. The number of nitrogens with two attached hydrogens (primary N) is 1. The van der Waals surface area contributed by atoms with Crippen LogP contribution in [0.3, 0.4) is 0 Å². The molecule has 0 spiro atoms. The normalized spacial score (nSPS) is 23.3. The Labute approximate surface area is 252 Å². The van der Waals surface area contributed by atoms with E-state index in [9.17, 15) is 0 Å². The molecule has 0 aromatic heterocycles. The van der Waals surface area contributed by atoms with E-state index < -0.39 is 0 Å². The van der Waals surface area contributed by atoms with Crippen molar-refractivity contribution >= 4 is 32.6 Å². The molecule has 1 nitrogen and oxygen atoms in total. The van der Waals surface area contributed by atoms with Gasteiger partial charge in [0.1, 0.15) is 0 Å². The van der Waals surface area contributed by atoms with Gasteiger partial charge in [-0.25, -0.2) is 0 Å². The van der Waals surface area contributed by atoms with Gasteiger partial charge in [-0.05, 0) is 89.0 Å². The minimum absolute atomic E-state index is 0.106. The van der Waals surface area contributed by atoms with Crippen molar-refractivity contribution in [1.82, 2.24) is 0 Å². The fourth-order valence-corrected chi connectivity index (χ4v) is 11.7. The standard InChI is InChI=1S/C33H52NP.2ClH.Pd/c1-23(2)26-21-29(24(3)4)32(30(22-26)25(5)6)31-19-13-14-20-33(31,34)35(27-15-9-7-10-16-27)28-17-11-8-12-18-28;;;/h13-14,19,21-25,27-28H,7-12,15-18,20,34H2,1-6H3;2*1H;/q;;;+2/p-2. The molecule has 5 heteroatoms. The molecule has 4 rings (SSSR count). The van der Waals surface area contributed by atoms with Gasteiger partial charge in [-0.3, -0.25) is 0 Å². The molecule has 0 amide bonds. The summed E-state index contributed by atoms with van der Waals surface area (Å²) in [4.78, 5) is 0. The van der Waals surface area contributed by atoms with Gasteiger partial charge < -0.3 is 5.73 Å². The van der Waals surface area contributed by atoms with Crippen molar-refractivity contribution in [1.29, 1.82) is 0 Å². The summed E-state index contributed by atoms with van der Waals surface area (Å²) >= 11 is -0.106. The second-order valence-electron chi connectivity index (χ2n) is 12.7. The van der Waals surface area contributed by atoms with Gasteiger partial charge in [0.05, 0.1) is 5.28 Å². The summed E-state index contributed by atoms with van der Waals surface area (Å²) in [5.74, 6) is 1.53. The molecule has 0 radical (unpaired) electrons. The summed E-state index contributed by atoms with van der Waals surface area (Å²) in [5, 5.41) is -0.194. The number of benzene rings is 1. The van der Waals surface area contributed by atoms with Crippen LogP contribution in [-0.2, 0) is 15.9 Å². The van der Waals surface area contributed by atoms with Crippen LogP contribution in [-0.4, -0.2) is 16.6 Å². The average Bonchev–Trinajstić information content (AvgIpc) is 2.90. The number of allylic oxidation sites excluding steroid dienone is 2. The predicted octanol–water partition coefficient (Wildman–Crippen LogP) is 11.6. The monoisotopic (exact) mass is 669 g/mol. The van der Waals surface area contributed by atoms with Crippen LogP contribution in [0.4, 0.5) is 0 Å². The fourth-order valence-electron chi connectivity index (χ4n) is 7.15. The van der Waals surface area contributed by atoms with Gasteiger partial charge >= 0.3 is 35.0 Å². The molecule has 2 fully saturated rings. The van der Waals surface area contributed by atoms with Crippen LogP contribution >= 0.6 is 27.0 Å². The van der Waals surface area contributed by atoms with E-state index in [-0.39, 0.29) is 29.1 Å². The van der Waals surface area contributed by atoms with Gasteiger partial charge in [0.25, 0.3) is 0 Å². The van der Waals surface area contributed by atoms with Crippen molar-refractivity contribution < 1.29 is 15.9 Å². The third kappa shape index (κ3) is 7.78. The summed E-state index contributed by atoms with van der Waals surface area (Å²) in [6, 6.07) is 5.05. The van der Waals surface area contributed by atoms with Crippen molar-refractivity contribution in [3.05, 3.63) is 52.6 Å². The maximum absolute atomic E-state index is 7.89. The van der Waals surface area contributed by atoms with E-state index in [0.29, 0.717) is 17.8 Å². The third-order valence-corrected chi connectivity index (χ3v) is 13.0. The Kier molecular flexibility index (Phi) is 13.4. The Morgan fingerprint density at radius 2 is 1.24 bits per heavy atom. The van der Waals surface area contributed by atoms with E-state index in [4.69, 9.17) is 24.8 Å². The molecule has 0 bridgehead atoms. The first-order chi connectivity index (χ1) is 18.2. The number of hydrogen-bond donors (Lipinski definition) is 1. The molecule has 1 aromatic carbocycles. The van der Waals surface area contributed by atoms with Crippen molar-refractivity contribution in [3.63, 3.8) is 0 Å². The first-order valence-electron chi connectivity index (χ1n) is 15.1. The second kappa shape index (κ2) is 15.5. The van der Waals surface area contributed by atoms with E-state index in [0.717, 1.165) is 17.7 Å². The number of hydrogen-bond acceptors (Lipinski definition) is 1. The zero-order valence-corrected chi connectivity index (χ0v) is 28.6. The molecule has 3 aliphatic carbocycles. The average molecular weight is 671 g/mol. The summed E-state index contributed by atoms with van der Waals surface area (Å²) in [6.07, 6.45) is 22.4. The second-order valence-corrected chi connectivity index (χ2v) is 18.1. The van der Waals surface area contributed by atoms with Crippen LogP contribution in [0.1, 0.15) is 152 Å². The number of rotatable bonds is 7. The van der Waals surface area contributed by atoms with E-state index in [1.807, 2.05) is 0 Å². The Morgan fingerprint density at radius 1 is 0.789 bits per heavy atom. The molecule has 218 valence electrons. The van der Waals surface area contributed by atoms with E-state index >= 15 is 0 Å². The van der Waals surface area contributed by atoms with Crippen molar-refractivity contribution in [3.8, 4) is 0 Å². The van der Waals surface area contributed by atoms with Crippen molar-refractivity contribution in [2.45, 2.75) is 147 Å². The van der Waals surface area contributed by atoms with Crippen LogP contribution in [0.2, 0.25) is 0 Å². The van der Waals surface area contributed by atoms with Crippen LogP contribution < -0.4 is 5.73 Å². The Hall–Kier alpha value is 0.332. The Morgan fingerprint density at radius 3 is 1.63 bits per heavy atom. The van der Waals surface area contributed by atoms with Gasteiger partial charge in [0.15, 0.2) is 0 Å². The van der Waals surface area contributed by atoms with Crippen LogP contribution in [0, 0.1) is 0 Å². The molecule has 1 aromatic rings. The third-order valence-electron chi connectivity index (χ3n) is 9.09. The molecule has 1 unspecified atom stereocenters. The predicted molar refractivity (Wildman–Crippen MR) is 170 cm³/mol. The van der Waals surface area contributed by atoms with Gasteiger partial charge in [0, 0.05) is 0 Å². The molecule has 2 saturated carbocycles. The quantitative estimate of drug-likeness (QED) is 0.227. The summed E-state index contributed by atoms with van der Waals surface area (Å²) in [6.45, 7) is 14.2. The topological polar surface area (TPSA) is 26.0 Å². The van der Waals surface area contributed by atoms with E-state index in [1.165, 1.54) is 92.0 Å². The van der Waals surface area contributed by atoms with Gasteiger partial charge in [-0.2, -0.15) is 0 Å². The van der Waals surface area contributed by atoms with Gasteiger partial charge in [-0.1, -0.05) is 118 Å². The molecule has 38 heavy (non-hydrogen) atoms. The molecule has 3 aliphatic rings. The van der Waals surface area contributed by atoms with Crippen molar-refractivity contribution in [2.75, 3.05) is 0 Å². The molecule has 0 saturated heterocycles. The zero-order chi connectivity index (χ0) is 27.9. The Balaban J connectivity index is 0.00000127. The number of halogens is 2. The molecule has 1 atom stereocenters. The Bertz CT molecular complexity index is 897. The van der Waals surface area contributed by atoms with Crippen LogP contribution in [0.25, 0.3) is 5.57 Å². The summed E-state index contributed by atoms with van der Waals surface area (Å²) in [5.41, 5.74) is 17.1. The molecular weight excluding hydrogens is 619 g/mol. The summed E-state index contributed by atoms with van der Waals surface area (Å²) in [7, 11) is 9.34. The van der Waals surface area contributed by atoms with E-state index in [2.05, 4.69) is 71.9 Å². The molecule has 0 aliphatic heterocycles. The minimum atomic E-state index is -0.285. The first kappa shape index (κ1) is 32.8. The molecular formula is C33H52Cl2NPPd. The first-order valence-corrected chi connectivity index (χ1v) is 20.6. The fraction of sp³-hybridized carbons (Fsp3) is 0.697. The maximum atomic E-state index is 7.89. The van der Waals surface area contributed by atoms with Crippen LogP contribution in [0.5, 0.6) is 0 Å². The van der Waals surface area contributed by atoms with Gasteiger partial charge in [-0.15, -0.1) is 0 Å². The van der Waals surface area contributed by atoms with Crippen LogP contribution in [0.15, 0.2) is 30.4 Å². The SMILES string of the molecule is CC(C)c1cc(C(C)C)c(C2=CC=CCC2(N)P(C2CCCCC2)C2CCCCC2)c(C(C)C)c1.[Cl][Pd][Cl]. The van der Waals surface area contributed by atoms with Gasteiger partial charge in [0.2, 0.25) is 0 Å². The van der Waals surface area contributed by atoms with E-state index in [1.54, 1.807) is 0 Å². The van der Waals surface area contributed by atoms with Crippen molar-refractivity contribution in [2.24, 2.45) is 5.73 Å².